The van der Waals surface area contributed by atoms with Crippen LogP contribution in [0.15, 0.2) is 24.3 Å². The number of hydrogen-bond donors (Lipinski definition) is 0. The van der Waals surface area contributed by atoms with Crippen LogP contribution in [0.5, 0.6) is 0 Å². The summed E-state index contributed by atoms with van der Waals surface area (Å²) < 4.78 is 17.8. The van der Waals surface area contributed by atoms with E-state index in [4.69, 9.17) is 14.0 Å². The van der Waals surface area contributed by atoms with E-state index in [9.17, 15) is 0 Å². The zero-order valence-electron chi connectivity index (χ0n) is 14.1. The zero-order valence-corrected chi connectivity index (χ0v) is 14.1. The topological polar surface area (TPSA) is 27.7 Å². The van der Waals surface area contributed by atoms with Gasteiger partial charge in [0.2, 0.25) is 0 Å². The number of benzene rings is 1. The molecule has 3 nitrogen and oxygen atoms in total. The molecule has 0 bridgehead atoms. The molecule has 0 N–H and O–H groups in total. The average molecular weight is 290 g/mol. The van der Waals surface area contributed by atoms with Gasteiger partial charge in [-0.2, -0.15) is 0 Å². The van der Waals surface area contributed by atoms with E-state index < -0.39 is 0 Å². The highest BCUT2D eigenvalue weighted by atomic mass is 16.7. The smallest absolute Gasteiger partial charge is 0.403 e. The summed E-state index contributed by atoms with van der Waals surface area (Å²) in [5, 5.41) is 0. The van der Waals surface area contributed by atoms with Gasteiger partial charge in [-0.25, -0.2) is 0 Å². The zero-order chi connectivity index (χ0) is 15.7. The molecule has 1 aliphatic heterocycles. The fourth-order valence-electron chi connectivity index (χ4n) is 2.65. The molecule has 0 aromatic heterocycles. The van der Waals surface area contributed by atoms with Crippen LogP contribution in [-0.4, -0.2) is 32.0 Å². The van der Waals surface area contributed by atoms with Gasteiger partial charge in [0.25, 0.3) is 0 Å². The molecule has 1 aliphatic rings. The Hall–Kier alpha value is -0.835. The van der Waals surface area contributed by atoms with Gasteiger partial charge >= 0.3 is 7.12 Å². The third-order valence-electron chi connectivity index (χ3n) is 4.78. The van der Waals surface area contributed by atoms with Gasteiger partial charge in [0, 0.05) is 19.5 Å². The van der Waals surface area contributed by atoms with E-state index in [1.54, 1.807) is 7.11 Å². The van der Waals surface area contributed by atoms with Crippen LogP contribution in [0, 0.1) is 6.92 Å². The van der Waals surface area contributed by atoms with Crippen LogP contribution in [0.1, 0.15) is 38.8 Å². The van der Waals surface area contributed by atoms with Crippen molar-refractivity contribution >= 4 is 7.12 Å². The third kappa shape index (κ3) is 3.50. The van der Waals surface area contributed by atoms with Crippen molar-refractivity contribution in [3.8, 4) is 0 Å². The maximum Gasteiger partial charge on any atom is 0.463 e. The Labute approximate surface area is 129 Å². The van der Waals surface area contributed by atoms with Crippen molar-refractivity contribution in [2.75, 3.05) is 13.7 Å². The summed E-state index contributed by atoms with van der Waals surface area (Å²) in [6.07, 6.45) is 0.900. The summed E-state index contributed by atoms with van der Waals surface area (Å²) in [7, 11) is 1.50. The molecule has 1 aromatic carbocycles. The molecular weight excluding hydrogens is 263 g/mol. The van der Waals surface area contributed by atoms with Crippen LogP contribution in [0.4, 0.5) is 0 Å². The lowest BCUT2D eigenvalue weighted by atomic mass is 9.69. The molecular formula is C17H27BO3. The van der Waals surface area contributed by atoms with Gasteiger partial charge in [-0.1, -0.05) is 24.3 Å². The number of ether oxygens (including phenoxy) is 1. The first-order valence-corrected chi connectivity index (χ1v) is 7.66. The second-order valence-corrected chi connectivity index (χ2v) is 6.97. The molecule has 1 atom stereocenters. The Morgan fingerprint density at radius 1 is 1.10 bits per heavy atom. The lowest BCUT2D eigenvalue weighted by Crippen LogP contribution is -2.41. The summed E-state index contributed by atoms with van der Waals surface area (Å²) in [6, 6.07) is 8.46. The van der Waals surface area contributed by atoms with Gasteiger partial charge < -0.3 is 14.0 Å². The minimum Gasteiger partial charge on any atom is -0.403 e. The summed E-state index contributed by atoms with van der Waals surface area (Å²) in [4.78, 5) is 0. The molecule has 2 rings (SSSR count). The predicted molar refractivity (Wildman–Crippen MR) is 86.6 cm³/mol. The molecule has 1 saturated heterocycles. The van der Waals surface area contributed by atoms with E-state index in [-0.39, 0.29) is 24.1 Å². The van der Waals surface area contributed by atoms with Crippen molar-refractivity contribution in [1.82, 2.24) is 0 Å². The predicted octanol–water partition coefficient (Wildman–Crippen LogP) is 3.65. The van der Waals surface area contributed by atoms with Crippen molar-refractivity contribution in [3.05, 3.63) is 35.4 Å². The fourth-order valence-corrected chi connectivity index (χ4v) is 2.65. The number of methoxy groups -OCH3 is 1. The van der Waals surface area contributed by atoms with Crippen molar-refractivity contribution in [3.63, 3.8) is 0 Å². The third-order valence-corrected chi connectivity index (χ3v) is 4.78. The summed E-state index contributed by atoms with van der Waals surface area (Å²) in [6.45, 7) is 11.1. The molecule has 0 amide bonds. The first kappa shape index (κ1) is 16.5. The molecule has 1 fully saturated rings. The highest BCUT2D eigenvalue weighted by Gasteiger charge is 2.53. The van der Waals surface area contributed by atoms with Crippen LogP contribution in [0.3, 0.4) is 0 Å². The Balaban J connectivity index is 2.15. The Kier molecular flexibility index (Phi) is 4.81. The first-order chi connectivity index (χ1) is 9.77. The fraction of sp³-hybridized carbons (Fsp3) is 0.647. The lowest BCUT2D eigenvalue weighted by molar-refractivity contribution is 0.00578. The molecule has 1 aromatic rings. The second kappa shape index (κ2) is 6.11. The van der Waals surface area contributed by atoms with Gasteiger partial charge in [-0.3, -0.25) is 0 Å². The number of rotatable bonds is 5. The quantitative estimate of drug-likeness (QED) is 0.775. The van der Waals surface area contributed by atoms with Crippen molar-refractivity contribution in [2.45, 2.75) is 58.1 Å². The highest BCUT2D eigenvalue weighted by molar-refractivity contribution is 6.47. The van der Waals surface area contributed by atoms with E-state index in [0.717, 1.165) is 6.42 Å². The minimum atomic E-state index is -0.296. The van der Waals surface area contributed by atoms with Crippen LogP contribution in [-0.2, 0) is 20.5 Å². The molecule has 0 radical (unpaired) electrons. The summed E-state index contributed by atoms with van der Waals surface area (Å²) in [5.74, 6) is 0.192. The van der Waals surface area contributed by atoms with Crippen LogP contribution < -0.4 is 0 Å². The summed E-state index contributed by atoms with van der Waals surface area (Å²) in [5.41, 5.74) is 2.04. The van der Waals surface area contributed by atoms with Crippen LogP contribution in [0.2, 0.25) is 5.82 Å². The molecule has 0 aliphatic carbocycles. The summed E-state index contributed by atoms with van der Waals surface area (Å²) >= 11 is 0. The highest BCUT2D eigenvalue weighted by Crippen LogP contribution is 2.40. The maximum atomic E-state index is 6.19. The van der Waals surface area contributed by atoms with Gasteiger partial charge in [0.1, 0.15) is 0 Å². The van der Waals surface area contributed by atoms with E-state index >= 15 is 0 Å². The molecule has 0 saturated carbocycles. The SMILES string of the molecule is COCC(Cc1ccccc1C)B1OC(C)(C)C(C)(C)O1. The van der Waals surface area contributed by atoms with Crippen molar-refractivity contribution < 1.29 is 14.0 Å². The standard InChI is InChI=1S/C17H27BO3/c1-13-9-7-8-10-14(13)11-15(12-19-6)18-20-16(2,3)17(4,5)21-18/h7-10,15H,11-12H2,1-6H3. The van der Waals surface area contributed by atoms with Gasteiger partial charge in [-0.15, -0.1) is 0 Å². The van der Waals surface area contributed by atoms with Gasteiger partial charge in [0.15, 0.2) is 0 Å². The van der Waals surface area contributed by atoms with Crippen LogP contribution >= 0.6 is 0 Å². The van der Waals surface area contributed by atoms with E-state index in [0.29, 0.717) is 6.61 Å². The Bertz CT molecular complexity index is 469. The Morgan fingerprint density at radius 2 is 1.67 bits per heavy atom. The molecule has 0 spiro atoms. The van der Waals surface area contributed by atoms with E-state index in [1.807, 2.05) is 0 Å². The first-order valence-electron chi connectivity index (χ1n) is 7.66. The molecule has 116 valence electrons. The van der Waals surface area contributed by atoms with Crippen molar-refractivity contribution in [2.24, 2.45) is 0 Å². The molecule has 1 unspecified atom stereocenters. The second-order valence-electron chi connectivity index (χ2n) is 6.97. The molecule has 21 heavy (non-hydrogen) atoms. The van der Waals surface area contributed by atoms with Gasteiger partial charge in [-0.05, 0) is 52.2 Å². The van der Waals surface area contributed by atoms with E-state index in [1.165, 1.54) is 11.1 Å². The maximum absolute atomic E-state index is 6.19. The normalized spacial score (nSPS) is 21.5. The molecule has 1 heterocycles. The van der Waals surface area contributed by atoms with Crippen molar-refractivity contribution in [1.29, 1.82) is 0 Å². The number of hydrogen-bond acceptors (Lipinski definition) is 3. The minimum absolute atomic E-state index is 0.192. The van der Waals surface area contributed by atoms with Crippen LogP contribution in [0.25, 0.3) is 0 Å². The largest absolute Gasteiger partial charge is 0.463 e. The Morgan fingerprint density at radius 3 is 2.19 bits per heavy atom. The van der Waals surface area contributed by atoms with E-state index in [2.05, 4.69) is 58.9 Å². The monoisotopic (exact) mass is 290 g/mol. The number of aryl methyl sites for hydroxylation is 1. The average Bonchev–Trinajstić information content (AvgIpc) is 2.60. The molecule has 4 heteroatoms. The van der Waals surface area contributed by atoms with Gasteiger partial charge in [0.05, 0.1) is 11.2 Å². The lowest BCUT2D eigenvalue weighted by Gasteiger charge is -2.32.